The predicted molar refractivity (Wildman–Crippen MR) is 82.1 cm³/mol. The summed E-state index contributed by atoms with van der Waals surface area (Å²) in [6.45, 7) is 0.801. The number of hydrogen-bond acceptors (Lipinski definition) is 5. The van der Waals surface area contributed by atoms with Crippen molar-refractivity contribution in [2.45, 2.75) is 24.7 Å². The molecule has 2 heterocycles. The van der Waals surface area contributed by atoms with Crippen LogP contribution in [0.25, 0.3) is 0 Å². The Morgan fingerprint density at radius 3 is 2.79 bits per heavy atom. The van der Waals surface area contributed by atoms with Crippen molar-refractivity contribution in [2.75, 3.05) is 12.8 Å². The number of fused-ring (bicyclic) bond motifs is 1. The van der Waals surface area contributed by atoms with Gasteiger partial charge in [-0.25, -0.2) is 22.2 Å². The van der Waals surface area contributed by atoms with E-state index < -0.39 is 27.0 Å². The minimum absolute atomic E-state index is 0.145. The summed E-state index contributed by atoms with van der Waals surface area (Å²) in [5.41, 5.74) is 0.504. The molecule has 0 spiro atoms. The molecular weight excluding hydrogens is 340 g/mol. The number of H-pyrrole nitrogens is 1. The lowest BCUT2D eigenvalue weighted by atomic mass is 10.1. The van der Waals surface area contributed by atoms with Crippen LogP contribution in [0.15, 0.2) is 28.2 Å². The van der Waals surface area contributed by atoms with Gasteiger partial charge in [0.05, 0.1) is 5.69 Å². The summed E-state index contributed by atoms with van der Waals surface area (Å²) < 4.78 is 50.3. The minimum atomic E-state index is -3.64. The molecule has 0 amide bonds. The Labute approximate surface area is 137 Å². The largest absolute Gasteiger partial charge is 0.297 e. The first-order chi connectivity index (χ1) is 11.3. The van der Waals surface area contributed by atoms with Crippen LogP contribution in [0.5, 0.6) is 0 Å². The maximum atomic E-state index is 13.8. The van der Waals surface area contributed by atoms with Crippen molar-refractivity contribution in [1.29, 1.82) is 0 Å². The minimum Gasteiger partial charge on any atom is -0.297 e. The Morgan fingerprint density at radius 1 is 1.33 bits per heavy atom. The molecule has 9 heteroatoms. The van der Waals surface area contributed by atoms with Gasteiger partial charge < -0.3 is 0 Å². The van der Waals surface area contributed by atoms with Crippen molar-refractivity contribution in [3.05, 3.63) is 57.0 Å². The molecule has 0 bridgehead atoms. The van der Waals surface area contributed by atoms with Crippen molar-refractivity contribution in [2.24, 2.45) is 0 Å². The number of rotatable bonds is 3. The third kappa shape index (κ3) is 3.22. The Morgan fingerprint density at radius 2 is 2.08 bits per heavy atom. The van der Waals surface area contributed by atoms with E-state index in [0.29, 0.717) is 24.2 Å². The molecule has 0 saturated heterocycles. The van der Waals surface area contributed by atoms with Crippen molar-refractivity contribution in [1.82, 2.24) is 14.9 Å². The lowest BCUT2D eigenvalue weighted by Gasteiger charge is -2.27. The van der Waals surface area contributed by atoms with Crippen LogP contribution in [-0.2, 0) is 29.3 Å². The van der Waals surface area contributed by atoms with E-state index in [4.69, 9.17) is 0 Å². The number of nitrogens with zero attached hydrogens (tertiary/aromatic N) is 2. The number of halogens is 2. The first-order valence-corrected chi connectivity index (χ1v) is 9.12. The molecular formula is C15H15F2N3O3S. The summed E-state index contributed by atoms with van der Waals surface area (Å²) in [6.07, 6.45) is 1.32. The van der Waals surface area contributed by atoms with Crippen molar-refractivity contribution in [3.63, 3.8) is 0 Å². The molecule has 1 aliphatic heterocycles. The summed E-state index contributed by atoms with van der Waals surface area (Å²) in [5, 5.41) is -0.384. The fourth-order valence-corrected chi connectivity index (χ4v) is 3.25. The Balaban J connectivity index is 1.90. The van der Waals surface area contributed by atoms with Gasteiger partial charge in [0.1, 0.15) is 0 Å². The van der Waals surface area contributed by atoms with E-state index in [1.54, 1.807) is 4.90 Å². The lowest BCUT2D eigenvalue weighted by Crippen LogP contribution is -2.36. The van der Waals surface area contributed by atoms with E-state index in [0.717, 1.165) is 12.3 Å². The second kappa shape index (κ2) is 6.06. The zero-order valence-electron chi connectivity index (χ0n) is 12.8. The highest BCUT2D eigenvalue weighted by atomic mass is 32.2. The number of sulfone groups is 1. The van der Waals surface area contributed by atoms with E-state index in [1.165, 1.54) is 12.1 Å². The molecule has 0 saturated carbocycles. The highest BCUT2D eigenvalue weighted by Gasteiger charge is 2.24. The highest BCUT2D eigenvalue weighted by Crippen LogP contribution is 2.19. The van der Waals surface area contributed by atoms with Gasteiger partial charge in [0.2, 0.25) is 15.0 Å². The van der Waals surface area contributed by atoms with Gasteiger partial charge >= 0.3 is 0 Å². The molecule has 2 aromatic rings. The molecule has 6 nitrogen and oxygen atoms in total. The van der Waals surface area contributed by atoms with Gasteiger partial charge in [-0.2, -0.15) is 0 Å². The smallest absolute Gasteiger partial charge is 0.255 e. The average molecular weight is 355 g/mol. The van der Waals surface area contributed by atoms with Crippen LogP contribution < -0.4 is 5.56 Å². The SMILES string of the molecule is CS(=O)(=O)c1nc2c(c(=O)[nH]1)CCN(Cc1cccc(F)c1F)C2. The van der Waals surface area contributed by atoms with Crippen LogP contribution in [0.4, 0.5) is 8.78 Å². The summed E-state index contributed by atoms with van der Waals surface area (Å²) in [5.74, 6) is -1.82. The number of nitrogens with one attached hydrogen (secondary N) is 1. The van der Waals surface area contributed by atoms with Crippen LogP contribution in [0, 0.1) is 11.6 Å². The van der Waals surface area contributed by atoms with E-state index in [1.807, 2.05) is 0 Å². The van der Waals surface area contributed by atoms with Crippen molar-refractivity contribution >= 4 is 9.84 Å². The van der Waals surface area contributed by atoms with Crippen LogP contribution in [0.2, 0.25) is 0 Å². The van der Waals surface area contributed by atoms with Gasteiger partial charge in [0.15, 0.2) is 11.6 Å². The third-order valence-corrected chi connectivity index (χ3v) is 4.80. The van der Waals surface area contributed by atoms with E-state index in [9.17, 15) is 22.0 Å². The van der Waals surface area contributed by atoms with Gasteiger partial charge in [0.25, 0.3) is 5.56 Å². The summed E-state index contributed by atoms with van der Waals surface area (Å²) in [7, 11) is -3.64. The molecule has 0 atom stereocenters. The van der Waals surface area contributed by atoms with E-state index in [2.05, 4.69) is 9.97 Å². The van der Waals surface area contributed by atoms with Crippen LogP contribution in [0.1, 0.15) is 16.8 Å². The van der Waals surface area contributed by atoms with Gasteiger partial charge in [0, 0.05) is 37.0 Å². The van der Waals surface area contributed by atoms with Crippen LogP contribution in [-0.4, -0.2) is 36.1 Å². The first-order valence-electron chi connectivity index (χ1n) is 7.23. The second-order valence-electron chi connectivity index (χ2n) is 5.74. The normalized spacial score (nSPS) is 15.3. The monoisotopic (exact) mass is 355 g/mol. The van der Waals surface area contributed by atoms with Gasteiger partial charge in [-0.1, -0.05) is 12.1 Å². The van der Waals surface area contributed by atoms with Crippen molar-refractivity contribution in [3.8, 4) is 0 Å². The molecule has 128 valence electrons. The Bertz CT molecular complexity index is 957. The van der Waals surface area contributed by atoms with Crippen LogP contribution in [0.3, 0.4) is 0 Å². The molecule has 0 unspecified atom stereocenters. The molecule has 0 aliphatic carbocycles. The summed E-state index contributed by atoms with van der Waals surface area (Å²) >= 11 is 0. The number of benzene rings is 1. The zero-order chi connectivity index (χ0) is 17.5. The molecule has 1 aliphatic rings. The number of aromatic nitrogens is 2. The summed E-state index contributed by atoms with van der Waals surface area (Å²) in [6, 6.07) is 3.96. The quantitative estimate of drug-likeness (QED) is 0.831. The predicted octanol–water partition coefficient (Wildman–Crippen LogP) is 1.01. The molecule has 0 fully saturated rings. The average Bonchev–Trinajstić information content (AvgIpc) is 2.50. The number of aromatic amines is 1. The van der Waals surface area contributed by atoms with Gasteiger partial charge in [-0.3, -0.25) is 14.7 Å². The van der Waals surface area contributed by atoms with Gasteiger partial charge in [-0.15, -0.1) is 0 Å². The standard InChI is InChI=1S/C15H15F2N3O3S/c1-24(22,23)15-18-12-8-20(6-5-10(12)14(21)19-15)7-9-3-2-4-11(16)13(9)17/h2-4H,5-8H2,1H3,(H,18,19,21). The first kappa shape index (κ1) is 16.7. The molecule has 24 heavy (non-hydrogen) atoms. The molecule has 3 rings (SSSR count). The van der Waals surface area contributed by atoms with Crippen LogP contribution >= 0.6 is 0 Å². The maximum Gasteiger partial charge on any atom is 0.255 e. The summed E-state index contributed by atoms with van der Waals surface area (Å²) in [4.78, 5) is 20.1. The molecule has 1 N–H and O–H groups in total. The van der Waals surface area contributed by atoms with E-state index >= 15 is 0 Å². The Kier molecular flexibility index (Phi) is 4.22. The zero-order valence-corrected chi connectivity index (χ0v) is 13.7. The topological polar surface area (TPSA) is 83.1 Å². The van der Waals surface area contributed by atoms with Gasteiger partial charge in [-0.05, 0) is 12.5 Å². The highest BCUT2D eigenvalue weighted by molar-refractivity contribution is 7.90. The molecule has 0 radical (unpaired) electrons. The molecule has 1 aromatic carbocycles. The fraction of sp³-hybridized carbons (Fsp3) is 0.333. The lowest BCUT2D eigenvalue weighted by molar-refractivity contribution is 0.235. The van der Waals surface area contributed by atoms with E-state index in [-0.39, 0.29) is 23.8 Å². The maximum absolute atomic E-state index is 13.8. The second-order valence-corrected chi connectivity index (χ2v) is 7.67. The number of hydrogen-bond donors (Lipinski definition) is 1. The molecule has 1 aromatic heterocycles. The third-order valence-electron chi connectivity index (χ3n) is 3.91. The van der Waals surface area contributed by atoms with Crippen molar-refractivity contribution < 1.29 is 17.2 Å². The Hall–Kier alpha value is -2.13. The fourth-order valence-electron chi connectivity index (χ4n) is 2.69.